The summed E-state index contributed by atoms with van der Waals surface area (Å²) in [5.41, 5.74) is 1.56. The van der Waals surface area contributed by atoms with Gasteiger partial charge in [0, 0.05) is 11.3 Å². The molecule has 0 atom stereocenters. The lowest BCUT2D eigenvalue weighted by Gasteiger charge is -2.12. The number of hydrogen-bond donors (Lipinski definition) is 1. The summed E-state index contributed by atoms with van der Waals surface area (Å²) in [5, 5.41) is 14.4. The first-order valence-electron chi connectivity index (χ1n) is 9.61. The molecule has 158 valence electrons. The highest BCUT2D eigenvalue weighted by atomic mass is 19.4. The van der Waals surface area contributed by atoms with E-state index in [2.05, 4.69) is 25.8 Å². The number of nitrogens with one attached hydrogen (secondary N) is 1. The molecule has 2 aromatic heterocycles. The molecule has 8 nitrogen and oxygen atoms in total. The van der Waals surface area contributed by atoms with Crippen LogP contribution in [0.3, 0.4) is 0 Å². The summed E-state index contributed by atoms with van der Waals surface area (Å²) in [6, 6.07) is 13.3. The summed E-state index contributed by atoms with van der Waals surface area (Å²) < 4.78 is 43.0. The van der Waals surface area contributed by atoms with Gasteiger partial charge in [0.05, 0.1) is 17.1 Å². The summed E-state index contributed by atoms with van der Waals surface area (Å²) in [7, 11) is 0. The molecule has 31 heavy (non-hydrogen) atoms. The van der Waals surface area contributed by atoms with Gasteiger partial charge in [-0.2, -0.15) is 13.2 Å². The van der Waals surface area contributed by atoms with E-state index in [1.54, 1.807) is 35.0 Å². The van der Waals surface area contributed by atoms with Crippen molar-refractivity contribution in [3.8, 4) is 11.4 Å². The van der Waals surface area contributed by atoms with Gasteiger partial charge in [-0.15, -0.1) is 5.10 Å². The fourth-order valence-corrected chi connectivity index (χ4v) is 3.48. The van der Waals surface area contributed by atoms with Crippen molar-refractivity contribution in [2.24, 2.45) is 0 Å². The Morgan fingerprint density at radius 3 is 2.71 bits per heavy atom. The van der Waals surface area contributed by atoms with Crippen LogP contribution < -0.4 is 5.32 Å². The Balaban J connectivity index is 1.40. The van der Waals surface area contributed by atoms with E-state index in [-0.39, 0.29) is 17.1 Å². The predicted octanol–water partition coefficient (Wildman–Crippen LogP) is 3.68. The van der Waals surface area contributed by atoms with Crippen LogP contribution in [0.1, 0.15) is 24.7 Å². The van der Waals surface area contributed by atoms with Gasteiger partial charge in [0.25, 0.3) is 0 Å². The van der Waals surface area contributed by atoms with Gasteiger partial charge in [0.15, 0.2) is 5.82 Å². The maximum Gasteiger partial charge on any atom is 0.449 e. The molecule has 1 amide bonds. The largest absolute Gasteiger partial charge is 0.449 e. The first-order chi connectivity index (χ1) is 14.9. The zero-order valence-corrected chi connectivity index (χ0v) is 16.0. The number of aromatic nitrogens is 6. The number of hydrogen-bond acceptors (Lipinski definition) is 5. The molecule has 0 spiro atoms. The lowest BCUT2D eigenvalue weighted by atomic mass is 10.2. The quantitative estimate of drug-likeness (QED) is 0.525. The van der Waals surface area contributed by atoms with Gasteiger partial charge < -0.3 is 9.88 Å². The fraction of sp³-hybridized carbons (Fsp3) is 0.250. The summed E-state index contributed by atoms with van der Waals surface area (Å²) in [5.74, 6) is -1.13. The molecule has 0 bridgehead atoms. The van der Waals surface area contributed by atoms with Crippen molar-refractivity contribution in [3.05, 3.63) is 54.4 Å². The number of imidazole rings is 1. The smallest absolute Gasteiger partial charge is 0.325 e. The van der Waals surface area contributed by atoms with Crippen molar-refractivity contribution in [3.63, 3.8) is 0 Å². The van der Waals surface area contributed by atoms with Crippen LogP contribution in [0.5, 0.6) is 0 Å². The van der Waals surface area contributed by atoms with Crippen molar-refractivity contribution >= 4 is 22.6 Å². The highest BCUT2D eigenvalue weighted by molar-refractivity contribution is 5.92. The van der Waals surface area contributed by atoms with E-state index < -0.39 is 24.5 Å². The number of tetrazole rings is 1. The lowest BCUT2D eigenvalue weighted by molar-refractivity contribution is -0.147. The Labute approximate surface area is 173 Å². The number of carbonyl (C=O) groups excluding carboxylic acids is 1. The molecule has 11 heteroatoms. The van der Waals surface area contributed by atoms with Crippen molar-refractivity contribution < 1.29 is 18.0 Å². The van der Waals surface area contributed by atoms with E-state index >= 15 is 0 Å². The molecular formula is C20H16F3N7O. The molecule has 1 aliphatic carbocycles. The second-order valence-electron chi connectivity index (χ2n) is 7.32. The zero-order chi connectivity index (χ0) is 21.6. The third kappa shape index (κ3) is 3.74. The normalized spacial score (nSPS) is 14.2. The number of nitrogens with zero attached hydrogens (tertiary/aromatic N) is 6. The van der Waals surface area contributed by atoms with Crippen LogP contribution in [0.2, 0.25) is 0 Å². The zero-order valence-electron chi connectivity index (χ0n) is 16.0. The number of anilines is 1. The Bertz CT molecular complexity index is 1270. The number of alkyl halides is 3. The lowest BCUT2D eigenvalue weighted by Crippen LogP contribution is -2.23. The van der Waals surface area contributed by atoms with E-state index in [4.69, 9.17) is 0 Å². The second kappa shape index (κ2) is 7.18. The maximum absolute atomic E-state index is 13.4. The standard InChI is InChI=1S/C20H16F3N7O/c21-20(22,23)19-25-15-6-1-2-7-16(15)29(19)11-17(31)24-13-5-3-4-12(10-13)18-26-27-28-30(18)14-8-9-14/h1-7,10,14H,8-9,11H2,(H,24,31). The first-order valence-corrected chi connectivity index (χ1v) is 9.61. The van der Waals surface area contributed by atoms with Crippen LogP contribution in [0.15, 0.2) is 48.5 Å². The van der Waals surface area contributed by atoms with Crippen LogP contribution in [0, 0.1) is 0 Å². The molecule has 2 aromatic carbocycles. The molecular weight excluding hydrogens is 411 g/mol. The van der Waals surface area contributed by atoms with E-state index in [0.717, 1.165) is 17.4 Å². The predicted molar refractivity (Wildman–Crippen MR) is 105 cm³/mol. The number of benzene rings is 2. The van der Waals surface area contributed by atoms with E-state index in [1.807, 2.05) is 6.07 Å². The summed E-state index contributed by atoms with van der Waals surface area (Å²) >= 11 is 0. The van der Waals surface area contributed by atoms with Crippen molar-refractivity contribution in [1.29, 1.82) is 0 Å². The number of fused-ring (bicyclic) bond motifs is 1. The van der Waals surface area contributed by atoms with E-state index in [0.29, 0.717) is 17.1 Å². The van der Waals surface area contributed by atoms with Gasteiger partial charge in [-0.05, 0) is 47.5 Å². The minimum atomic E-state index is -4.68. The molecule has 0 unspecified atom stereocenters. The monoisotopic (exact) mass is 427 g/mol. The van der Waals surface area contributed by atoms with E-state index in [9.17, 15) is 18.0 Å². The maximum atomic E-state index is 13.4. The van der Waals surface area contributed by atoms with Crippen LogP contribution in [-0.4, -0.2) is 35.7 Å². The van der Waals surface area contributed by atoms with Gasteiger partial charge in [-0.3, -0.25) is 4.79 Å². The highest BCUT2D eigenvalue weighted by Gasteiger charge is 2.38. The topological polar surface area (TPSA) is 90.5 Å². The Morgan fingerprint density at radius 2 is 1.94 bits per heavy atom. The minimum absolute atomic E-state index is 0.177. The Morgan fingerprint density at radius 1 is 1.13 bits per heavy atom. The van der Waals surface area contributed by atoms with Crippen LogP contribution in [0.4, 0.5) is 18.9 Å². The van der Waals surface area contributed by atoms with Gasteiger partial charge in [-0.25, -0.2) is 9.67 Å². The number of para-hydroxylation sites is 2. The van der Waals surface area contributed by atoms with Crippen LogP contribution >= 0.6 is 0 Å². The molecule has 1 aliphatic rings. The average molecular weight is 427 g/mol. The van der Waals surface area contributed by atoms with Crippen molar-refractivity contribution in [2.75, 3.05) is 5.32 Å². The van der Waals surface area contributed by atoms with E-state index in [1.165, 1.54) is 12.1 Å². The third-order valence-electron chi connectivity index (χ3n) is 5.00. The third-order valence-corrected chi connectivity index (χ3v) is 5.00. The number of rotatable bonds is 5. The molecule has 0 aliphatic heterocycles. The summed E-state index contributed by atoms with van der Waals surface area (Å²) in [4.78, 5) is 16.3. The Kier molecular flexibility index (Phi) is 4.45. The molecule has 1 saturated carbocycles. The van der Waals surface area contributed by atoms with Crippen LogP contribution in [-0.2, 0) is 17.5 Å². The van der Waals surface area contributed by atoms with Gasteiger partial charge in [0.2, 0.25) is 11.7 Å². The van der Waals surface area contributed by atoms with Gasteiger partial charge >= 0.3 is 6.18 Å². The molecule has 1 fully saturated rings. The highest BCUT2D eigenvalue weighted by Crippen LogP contribution is 2.37. The second-order valence-corrected chi connectivity index (χ2v) is 7.32. The average Bonchev–Trinajstić information content (AvgIpc) is 3.33. The SMILES string of the molecule is O=C(Cn1c(C(F)(F)F)nc2ccccc21)Nc1cccc(-c2nnnn2C2CC2)c1. The van der Waals surface area contributed by atoms with Crippen LogP contribution in [0.25, 0.3) is 22.4 Å². The first kappa shape index (κ1) is 19.2. The molecule has 0 saturated heterocycles. The van der Waals surface area contributed by atoms with Gasteiger partial charge in [-0.1, -0.05) is 24.3 Å². The molecule has 0 radical (unpaired) electrons. The summed E-state index contributed by atoms with van der Waals surface area (Å²) in [6.07, 6.45) is -2.66. The Hall–Kier alpha value is -3.76. The van der Waals surface area contributed by atoms with Gasteiger partial charge in [0.1, 0.15) is 6.54 Å². The number of carbonyl (C=O) groups is 1. The fourth-order valence-electron chi connectivity index (χ4n) is 3.48. The minimum Gasteiger partial charge on any atom is -0.325 e. The summed E-state index contributed by atoms with van der Waals surface area (Å²) in [6.45, 7) is -0.528. The molecule has 4 aromatic rings. The number of amides is 1. The molecule has 2 heterocycles. The molecule has 1 N–H and O–H groups in total. The molecule has 5 rings (SSSR count). The van der Waals surface area contributed by atoms with Crippen molar-refractivity contribution in [1.82, 2.24) is 29.8 Å². The number of halogens is 3. The van der Waals surface area contributed by atoms with Crippen molar-refractivity contribution in [2.45, 2.75) is 31.6 Å².